The first kappa shape index (κ1) is 21.8. The van der Waals surface area contributed by atoms with Crippen LogP contribution in [0, 0.1) is 0 Å². The lowest BCUT2D eigenvalue weighted by atomic mass is 9.97. The highest BCUT2D eigenvalue weighted by Gasteiger charge is 2.49. The van der Waals surface area contributed by atoms with Crippen LogP contribution in [0.2, 0.25) is 0 Å². The predicted molar refractivity (Wildman–Crippen MR) is 113 cm³/mol. The third-order valence-corrected chi connectivity index (χ3v) is 5.29. The van der Waals surface area contributed by atoms with Crippen LogP contribution < -0.4 is 5.32 Å². The van der Waals surface area contributed by atoms with Gasteiger partial charge in [-0.05, 0) is 37.8 Å². The van der Waals surface area contributed by atoms with E-state index in [0.717, 1.165) is 11.1 Å². The molecule has 1 N–H and O–H groups in total. The summed E-state index contributed by atoms with van der Waals surface area (Å²) in [5, 5.41) is 2.74. The van der Waals surface area contributed by atoms with E-state index in [2.05, 4.69) is 5.32 Å². The van der Waals surface area contributed by atoms with Gasteiger partial charge in [0.05, 0.1) is 19.3 Å². The van der Waals surface area contributed by atoms with Gasteiger partial charge in [-0.25, -0.2) is 9.59 Å². The van der Waals surface area contributed by atoms with Crippen LogP contribution in [0.3, 0.4) is 0 Å². The zero-order chi connectivity index (χ0) is 21.4. The van der Waals surface area contributed by atoms with Crippen LogP contribution in [0.5, 0.6) is 0 Å². The number of nitrogens with one attached hydrogen (secondary N) is 1. The smallest absolute Gasteiger partial charge is 0.408 e. The van der Waals surface area contributed by atoms with E-state index in [4.69, 9.17) is 14.2 Å². The summed E-state index contributed by atoms with van der Waals surface area (Å²) in [5.41, 5.74) is 0.941. The molecule has 0 unspecified atom stereocenters. The van der Waals surface area contributed by atoms with Crippen molar-refractivity contribution in [1.29, 1.82) is 0 Å². The molecule has 3 rings (SSSR count). The van der Waals surface area contributed by atoms with Crippen molar-refractivity contribution in [2.24, 2.45) is 0 Å². The minimum absolute atomic E-state index is 0.221. The molecule has 0 spiro atoms. The third-order valence-electron chi connectivity index (χ3n) is 5.29. The maximum absolute atomic E-state index is 12.7. The number of esters is 1. The van der Waals surface area contributed by atoms with E-state index in [0.29, 0.717) is 19.3 Å². The highest BCUT2D eigenvalue weighted by Crippen LogP contribution is 2.38. The van der Waals surface area contributed by atoms with Crippen LogP contribution in [0.15, 0.2) is 60.7 Å². The second-order valence-electron chi connectivity index (χ2n) is 7.35. The van der Waals surface area contributed by atoms with Gasteiger partial charge in [-0.15, -0.1) is 0 Å². The minimum Gasteiger partial charge on any atom is -0.464 e. The lowest BCUT2D eigenvalue weighted by Gasteiger charge is -2.28. The molecule has 1 amide bonds. The Morgan fingerprint density at radius 3 is 2.07 bits per heavy atom. The number of hydrogen-bond acceptors (Lipinski definition) is 5. The van der Waals surface area contributed by atoms with E-state index in [1.54, 1.807) is 13.8 Å². The van der Waals surface area contributed by atoms with E-state index in [-0.39, 0.29) is 25.4 Å². The van der Waals surface area contributed by atoms with E-state index < -0.39 is 17.6 Å². The summed E-state index contributed by atoms with van der Waals surface area (Å²) in [6.07, 6.45) is 0.293. The Morgan fingerprint density at radius 2 is 1.53 bits per heavy atom. The molecular formula is C24H29NO5. The summed E-state index contributed by atoms with van der Waals surface area (Å²) < 4.78 is 16.8. The molecule has 2 aromatic carbocycles. The number of hydrogen-bond donors (Lipinski definition) is 1. The Labute approximate surface area is 177 Å². The molecule has 6 nitrogen and oxygen atoms in total. The van der Waals surface area contributed by atoms with Crippen LogP contribution in [0.1, 0.15) is 50.3 Å². The molecule has 0 heterocycles. The molecule has 0 aliphatic heterocycles. The second-order valence-corrected chi connectivity index (χ2v) is 7.35. The molecule has 1 saturated carbocycles. The second kappa shape index (κ2) is 10.3. The Balaban J connectivity index is 1.81. The molecule has 2 atom stereocenters. The van der Waals surface area contributed by atoms with E-state index in [1.165, 1.54) is 0 Å². The summed E-state index contributed by atoms with van der Waals surface area (Å²) in [4.78, 5) is 24.8. The van der Waals surface area contributed by atoms with Gasteiger partial charge in [0.1, 0.15) is 11.6 Å². The first-order valence-electron chi connectivity index (χ1n) is 10.5. The maximum Gasteiger partial charge on any atom is 0.408 e. The molecule has 160 valence electrons. The van der Waals surface area contributed by atoms with Crippen molar-refractivity contribution in [2.45, 2.75) is 50.9 Å². The largest absolute Gasteiger partial charge is 0.464 e. The van der Waals surface area contributed by atoms with Crippen molar-refractivity contribution in [2.75, 3.05) is 13.2 Å². The van der Waals surface area contributed by atoms with Gasteiger partial charge in [0.2, 0.25) is 0 Å². The van der Waals surface area contributed by atoms with Gasteiger partial charge in [-0.1, -0.05) is 60.7 Å². The van der Waals surface area contributed by atoms with Crippen LogP contribution in [0.4, 0.5) is 4.79 Å². The predicted octanol–water partition coefficient (Wildman–Crippen LogP) is 4.39. The first-order chi connectivity index (χ1) is 14.6. The highest BCUT2D eigenvalue weighted by molar-refractivity contribution is 5.86. The average Bonchev–Trinajstić information content (AvgIpc) is 3.17. The molecule has 6 heteroatoms. The summed E-state index contributed by atoms with van der Waals surface area (Å²) in [7, 11) is 0. The van der Waals surface area contributed by atoms with E-state index >= 15 is 0 Å². The molecule has 30 heavy (non-hydrogen) atoms. The summed E-state index contributed by atoms with van der Waals surface area (Å²) in [6, 6.07) is 20.0. The lowest BCUT2D eigenvalue weighted by Crippen LogP contribution is -2.54. The van der Waals surface area contributed by atoms with Gasteiger partial charge >= 0.3 is 12.1 Å². The molecule has 1 aliphatic rings. The molecular weight excluding hydrogens is 382 g/mol. The average molecular weight is 411 g/mol. The van der Waals surface area contributed by atoms with Crippen molar-refractivity contribution in [3.63, 3.8) is 0 Å². The summed E-state index contributed by atoms with van der Waals surface area (Å²) in [5.74, 6) is -0.444. The van der Waals surface area contributed by atoms with Crippen molar-refractivity contribution in [3.05, 3.63) is 71.8 Å². The molecule has 0 aromatic heterocycles. The SMILES string of the molecule is CCOC(=O)N[C@@]1(C(=O)OCC)CC[C@H](OC(c2ccccc2)c2ccccc2)C1. The van der Waals surface area contributed by atoms with Crippen molar-refractivity contribution in [3.8, 4) is 0 Å². The third kappa shape index (κ3) is 5.19. The number of alkyl carbamates (subject to hydrolysis) is 1. The molecule has 0 saturated heterocycles. The topological polar surface area (TPSA) is 73.9 Å². The fourth-order valence-electron chi connectivity index (χ4n) is 3.90. The van der Waals surface area contributed by atoms with Gasteiger partial charge in [0.15, 0.2) is 0 Å². The maximum atomic E-state index is 12.7. The van der Waals surface area contributed by atoms with Crippen molar-refractivity contribution >= 4 is 12.1 Å². The monoisotopic (exact) mass is 411 g/mol. The van der Waals surface area contributed by atoms with Crippen molar-refractivity contribution < 1.29 is 23.8 Å². The zero-order valence-electron chi connectivity index (χ0n) is 17.5. The molecule has 2 aromatic rings. The summed E-state index contributed by atoms with van der Waals surface area (Å²) >= 11 is 0. The Bertz CT molecular complexity index is 787. The number of carbonyl (C=O) groups is 2. The quantitative estimate of drug-likeness (QED) is 0.652. The van der Waals surface area contributed by atoms with Gasteiger partial charge < -0.3 is 19.5 Å². The molecule has 0 radical (unpaired) electrons. The van der Waals surface area contributed by atoms with Crippen LogP contribution in [-0.4, -0.2) is 36.9 Å². The fraction of sp³-hybridized carbons (Fsp3) is 0.417. The first-order valence-corrected chi connectivity index (χ1v) is 10.5. The number of ether oxygens (including phenoxy) is 3. The minimum atomic E-state index is -1.13. The van der Waals surface area contributed by atoms with Gasteiger partial charge in [0, 0.05) is 6.42 Å². The fourth-order valence-corrected chi connectivity index (χ4v) is 3.90. The molecule has 0 bridgehead atoms. The summed E-state index contributed by atoms with van der Waals surface area (Å²) in [6.45, 7) is 3.95. The Kier molecular flexibility index (Phi) is 7.46. The molecule has 1 fully saturated rings. The number of carbonyl (C=O) groups excluding carboxylic acids is 2. The van der Waals surface area contributed by atoms with E-state index in [9.17, 15) is 9.59 Å². The normalized spacial score (nSPS) is 20.7. The van der Waals surface area contributed by atoms with Crippen LogP contribution >= 0.6 is 0 Å². The standard InChI is InChI=1S/C24H29NO5/c1-3-28-22(26)24(25-23(27)29-4-2)16-15-20(17-24)30-21(18-11-7-5-8-12-18)19-13-9-6-10-14-19/h5-14,20-21H,3-4,15-17H2,1-2H3,(H,25,27)/t20-,24-/m0/s1. The lowest BCUT2D eigenvalue weighted by molar-refractivity contribution is -0.151. The number of amides is 1. The van der Waals surface area contributed by atoms with Crippen LogP contribution in [0.25, 0.3) is 0 Å². The van der Waals surface area contributed by atoms with Gasteiger partial charge in [-0.3, -0.25) is 0 Å². The number of rotatable bonds is 8. The Morgan fingerprint density at radius 1 is 0.967 bits per heavy atom. The van der Waals surface area contributed by atoms with Gasteiger partial charge in [0.25, 0.3) is 0 Å². The Hall–Kier alpha value is -2.86. The molecule has 1 aliphatic carbocycles. The van der Waals surface area contributed by atoms with Crippen molar-refractivity contribution in [1.82, 2.24) is 5.32 Å². The number of benzene rings is 2. The highest BCUT2D eigenvalue weighted by atomic mass is 16.6. The zero-order valence-corrected chi connectivity index (χ0v) is 17.5. The van der Waals surface area contributed by atoms with Gasteiger partial charge in [-0.2, -0.15) is 0 Å². The van der Waals surface area contributed by atoms with Crippen LogP contribution in [-0.2, 0) is 19.0 Å². The van der Waals surface area contributed by atoms with E-state index in [1.807, 2.05) is 60.7 Å².